The van der Waals surface area contributed by atoms with Gasteiger partial charge in [-0.05, 0) is 31.0 Å². The minimum atomic E-state index is -1.08. The fourth-order valence-electron chi connectivity index (χ4n) is 1.69. The van der Waals surface area contributed by atoms with Gasteiger partial charge < -0.3 is 11.1 Å². The Morgan fingerprint density at radius 2 is 2.11 bits per heavy atom. The molecule has 0 saturated carbocycles. The van der Waals surface area contributed by atoms with Gasteiger partial charge in [0.2, 0.25) is 5.91 Å². The minimum Gasteiger partial charge on any atom is -0.399 e. The second kappa shape index (κ2) is 7.94. The molecule has 1 unspecified atom stereocenters. The van der Waals surface area contributed by atoms with Gasteiger partial charge in [0.15, 0.2) is 0 Å². The number of hydrogen-bond acceptors (Lipinski definition) is 3. The van der Waals surface area contributed by atoms with Gasteiger partial charge in [0.25, 0.3) is 0 Å². The Bertz CT molecular complexity index is 461. The SMILES string of the molecule is CCCCCS(=O)CC(=O)Nc1cc(N)ccc1C. The molecule has 0 aromatic heterocycles. The predicted molar refractivity (Wildman–Crippen MR) is 81.6 cm³/mol. The molecule has 0 saturated heterocycles. The lowest BCUT2D eigenvalue weighted by atomic mass is 10.2. The van der Waals surface area contributed by atoms with Crippen LogP contribution in [0.1, 0.15) is 31.7 Å². The number of aryl methyl sites for hydroxylation is 1. The molecular weight excluding hydrogens is 260 g/mol. The zero-order valence-electron chi connectivity index (χ0n) is 11.6. The third-order valence-electron chi connectivity index (χ3n) is 2.80. The normalized spacial score (nSPS) is 12.1. The van der Waals surface area contributed by atoms with Gasteiger partial charge in [-0.25, -0.2) is 0 Å². The first-order chi connectivity index (χ1) is 9.02. The second-order valence-corrected chi connectivity index (χ2v) is 6.19. The fraction of sp³-hybridized carbons (Fsp3) is 0.500. The summed E-state index contributed by atoms with van der Waals surface area (Å²) in [6.45, 7) is 3.99. The monoisotopic (exact) mass is 282 g/mol. The molecule has 0 fully saturated rings. The molecule has 5 heteroatoms. The molecule has 0 heterocycles. The summed E-state index contributed by atoms with van der Waals surface area (Å²) in [4.78, 5) is 11.8. The summed E-state index contributed by atoms with van der Waals surface area (Å²) in [6.07, 6.45) is 3.06. The van der Waals surface area contributed by atoms with Gasteiger partial charge >= 0.3 is 0 Å². The average molecular weight is 282 g/mol. The molecule has 0 radical (unpaired) electrons. The van der Waals surface area contributed by atoms with Crippen LogP contribution in [0.15, 0.2) is 18.2 Å². The highest BCUT2D eigenvalue weighted by atomic mass is 32.2. The van der Waals surface area contributed by atoms with E-state index in [1.54, 1.807) is 12.1 Å². The number of unbranched alkanes of at least 4 members (excludes halogenated alkanes) is 2. The van der Waals surface area contributed by atoms with Crippen LogP contribution in [-0.2, 0) is 15.6 Å². The molecule has 19 heavy (non-hydrogen) atoms. The van der Waals surface area contributed by atoms with Crippen molar-refractivity contribution in [1.29, 1.82) is 0 Å². The predicted octanol–water partition coefficient (Wildman–Crippen LogP) is 2.45. The third-order valence-corrected chi connectivity index (χ3v) is 4.13. The summed E-state index contributed by atoms with van der Waals surface area (Å²) in [5.41, 5.74) is 7.91. The lowest BCUT2D eigenvalue weighted by Gasteiger charge is -2.09. The van der Waals surface area contributed by atoms with E-state index < -0.39 is 10.8 Å². The molecule has 0 spiro atoms. The van der Waals surface area contributed by atoms with E-state index in [0.717, 1.165) is 24.8 Å². The Morgan fingerprint density at radius 1 is 1.37 bits per heavy atom. The zero-order valence-corrected chi connectivity index (χ0v) is 12.4. The molecule has 1 atom stereocenters. The van der Waals surface area contributed by atoms with E-state index in [4.69, 9.17) is 5.73 Å². The highest BCUT2D eigenvalue weighted by molar-refractivity contribution is 7.85. The summed E-state index contributed by atoms with van der Waals surface area (Å²) in [5.74, 6) is 0.429. The number of carbonyl (C=O) groups is 1. The Labute approximate surface area is 117 Å². The van der Waals surface area contributed by atoms with Crippen LogP contribution in [0.5, 0.6) is 0 Å². The Hall–Kier alpha value is -1.36. The van der Waals surface area contributed by atoms with Crippen molar-refractivity contribution in [3.05, 3.63) is 23.8 Å². The second-order valence-electron chi connectivity index (χ2n) is 4.62. The Balaban J connectivity index is 2.46. The van der Waals surface area contributed by atoms with Crippen LogP contribution in [0.4, 0.5) is 11.4 Å². The number of nitrogens with two attached hydrogens (primary N) is 1. The average Bonchev–Trinajstić information content (AvgIpc) is 2.34. The Kier molecular flexibility index (Phi) is 6.56. The van der Waals surface area contributed by atoms with Crippen molar-refractivity contribution < 1.29 is 9.00 Å². The highest BCUT2D eigenvalue weighted by Crippen LogP contribution is 2.17. The number of nitrogen functional groups attached to an aromatic ring is 1. The van der Waals surface area contributed by atoms with Crippen molar-refractivity contribution in [3.8, 4) is 0 Å². The molecule has 0 aliphatic rings. The summed E-state index contributed by atoms with van der Waals surface area (Å²) in [5, 5.41) is 2.76. The first kappa shape index (κ1) is 15.7. The van der Waals surface area contributed by atoms with Crippen LogP contribution >= 0.6 is 0 Å². The number of carbonyl (C=O) groups excluding carboxylic acids is 1. The molecule has 1 amide bonds. The summed E-state index contributed by atoms with van der Waals surface area (Å²) in [7, 11) is -1.08. The summed E-state index contributed by atoms with van der Waals surface area (Å²) in [6, 6.07) is 5.35. The molecule has 0 aliphatic heterocycles. The largest absolute Gasteiger partial charge is 0.399 e. The smallest absolute Gasteiger partial charge is 0.236 e. The van der Waals surface area contributed by atoms with E-state index in [-0.39, 0.29) is 11.7 Å². The van der Waals surface area contributed by atoms with Crippen molar-refractivity contribution >= 4 is 28.1 Å². The molecule has 1 aromatic rings. The number of rotatable bonds is 7. The number of benzene rings is 1. The van der Waals surface area contributed by atoms with Crippen molar-refractivity contribution in [2.24, 2.45) is 0 Å². The van der Waals surface area contributed by atoms with E-state index in [1.807, 2.05) is 13.0 Å². The molecule has 106 valence electrons. The minimum absolute atomic E-state index is 0.0535. The molecular formula is C14H22N2O2S. The van der Waals surface area contributed by atoms with Crippen LogP contribution in [-0.4, -0.2) is 21.6 Å². The molecule has 0 bridgehead atoms. The van der Waals surface area contributed by atoms with Gasteiger partial charge in [0.1, 0.15) is 5.75 Å². The zero-order chi connectivity index (χ0) is 14.3. The quantitative estimate of drug-likeness (QED) is 0.596. The maximum atomic E-state index is 11.8. The van der Waals surface area contributed by atoms with Crippen LogP contribution in [0.2, 0.25) is 0 Å². The van der Waals surface area contributed by atoms with E-state index in [0.29, 0.717) is 17.1 Å². The van der Waals surface area contributed by atoms with Gasteiger partial charge in [-0.2, -0.15) is 0 Å². The van der Waals surface area contributed by atoms with E-state index in [1.165, 1.54) is 0 Å². The maximum absolute atomic E-state index is 11.8. The van der Waals surface area contributed by atoms with Gasteiger partial charge in [-0.15, -0.1) is 0 Å². The summed E-state index contributed by atoms with van der Waals surface area (Å²) >= 11 is 0. The molecule has 0 aliphatic carbocycles. The van der Waals surface area contributed by atoms with E-state index in [2.05, 4.69) is 12.2 Å². The first-order valence-electron chi connectivity index (χ1n) is 6.54. The van der Waals surface area contributed by atoms with Crippen molar-refractivity contribution in [3.63, 3.8) is 0 Å². The maximum Gasteiger partial charge on any atom is 0.236 e. The molecule has 1 aromatic carbocycles. The fourth-order valence-corrected chi connectivity index (χ4v) is 2.73. The molecule has 3 N–H and O–H groups in total. The molecule has 4 nitrogen and oxygen atoms in total. The van der Waals surface area contributed by atoms with Crippen molar-refractivity contribution in [2.75, 3.05) is 22.6 Å². The topological polar surface area (TPSA) is 72.2 Å². The van der Waals surface area contributed by atoms with Gasteiger partial charge in [0, 0.05) is 27.9 Å². The van der Waals surface area contributed by atoms with Crippen molar-refractivity contribution in [1.82, 2.24) is 0 Å². The third kappa shape index (κ3) is 5.87. The van der Waals surface area contributed by atoms with Crippen LogP contribution in [0.25, 0.3) is 0 Å². The van der Waals surface area contributed by atoms with Gasteiger partial charge in [0.05, 0.1) is 0 Å². The number of anilines is 2. The highest BCUT2D eigenvalue weighted by Gasteiger charge is 2.09. The molecule has 1 rings (SSSR count). The Morgan fingerprint density at radius 3 is 2.79 bits per heavy atom. The van der Waals surface area contributed by atoms with Crippen molar-refractivity contribution in [2.45, 2.75) is 33.1 Å². The standard InChI is InChI=1S/C14H22N2O2S/c1-3-4-5-8-19(18)10-14(17)16-13-9-12(15)7-6-11(13)2/h6-7,9H,3-5,8,10,15H2,1-2H3,(H,16,17). The van der Waals surface area contributed by atoms with E-state index >= 15 is 0 Å². The number of nitrogens with one attached hydrogen (secondary N) is 1. The number of amides is 1. The van der Waals surface area contributed by atoms with Crippen LogP contribution in [0.3, 0.4) is 0 Å². The number of hydrogen-bond donors (Lipinski definition) is 2. The lowest BCUT2D eigenvalue weighted by Crippen LogP contribution is -2.21. The van der Waals surface area contributed by atoms with Crippen LogP contribution in [0, 0.1) is 6.92 Å². The lowest BCUT2D eigenvalue weighted by molar-refractivity contribution is -0.113. The van der Waals surface area contributed by atoms with Crippen LogP contribution < -0.4 is 11.1 Å². The van der Waals surface area contributed by atoms with Gasteiger partial charge in [-0.3, -0.25) is 9.00 Å². The van der Waals surface area contributed by atoms with E-state index in [9.17, 15) is 9.00 Å². The van der Waals surface area contributed by atoms with Gasteiger partial charge in [-0.1, -0.05) is 25.8 Å². The first-order valence-corrected chi connectivity index (χ1v) is 8.02. The summed E-state index contributed by atoms with van der Waals surface area (Å²) < 4.78 is 11.7.